The van der Waals surface area contributed by atoms with Gasteiger partial charge in [-0.15, -0.1) is 13.2 Å². The summed E-state index contributed by atoms with van der Waals surface area (Å²) in [6.45, 7) is 0.247. The molecule has 0 N–H and O–H groups in total. The van der Waals surface area contributed by atoms with E-state index in [0.29, 0.717) is 5.75 Å². The van der Waals surface area contributed by atoms with E-state index in [4.69, 9.17) is 4.74 Å². The van der Waals surface area contributed by atoms with Crippen LogP contribution in [0.4, 0.5) is 13.2 Å². The third kappa shape index (κ3) is 3.89. The van der Waals surface area contributed by atoms with Crippen molar-refractivity contribution >= 4 is 15.9 Å². The number of nitrogens with zero attached hydrogens (tertiary/aromatic N) is 2. The van der Waals surface area contributed by atoms with E-state index in [9.17, 15) is 13.2 Å². The molecule has 1 aromatic heterocycles. The van der Waals surface area contributed by atoms with Crippen LogP contribution in [0, 0.1) is 0 Å². The van der Waals surface area contributed by atoms with Gasteiger partial charge in [0.1, 0.15) is 18.1 Å². The Hall–Kier alpha value is -1.70. The van der Waals surface area contributed by atoms with Crippen molar-refractivity contribution in [3.8, 4) is 11.5 Å². The van der Waals surface area contributed by atoms with E-state index >= 15 is 0 Å². The topological polar surface area (TPSA) is 36.3 Å². The fraction of sp³-hybridized carbons (Fsp3) is 0.250. The molecule has 0 spiro atoms. The molecule has 8 heteroatoms. The molecule has 20 heavy (non-hydrogen) atoms. The van der Waals surface area contributed by atoms with E-state index in [1.165, 1.54) is 24.3 Å². The molecule has 0 saturated carbocycles. The predicted molar refractivity (Wildman–Crippen MR) is 68.4 cm³/mol. The molecule has 0 fully saturated rings. The Morgan fingerprint density at radius 1 is 1.20 bits per heavy atom. The van der Waals surface area contributed by atoms with Gasteiger partial charge in [0, 0.05) is 7.05 Å². The van der Waals surface area contributed by atoms with Crippen LogP contribution >= 0.6 is 15.9 Å². The first kappa shape index (κ1) is 14.7. The number of rotatable bonds is 4. The van der Waals surface area contributed by atoms with Crippen LogP contribution < -0.4 is 9.47 Å². The average Bonchev–Trinajstić information content (AvgIpc) is 2.67. The van der Waals surface area contributed by atoms with E-state index in [2.05, 4.69) is 25.8 Å². The maximum atomic E-state index is 12.0. The Morgan fingerprint density at radius 2 is 1.80 bits per heavy atom. The number of alkyl halides is 3. The molecule has 0 saturated heterocycles. The molecule has 2 aromatic rings. The van der Waals surface area contributed by atoms with Gasteiger partial charge in [-0.25, -0.2) is 0 Å². The molecule has 0 aliphatic rings. The Balaban J connectivity index is 1.98. The summed E-state index contributed by atoms with van der Waals surface area (Å²) in [6.07, 6.45) is -3.05. The van der Waals surface area contributed by atoms with Crippen LogP contribution in [0.15, 0.2) is 34.9 Å². The Kier molecular flexibility index (Phi) is 4.22. The van der Waals surface area contributed by atoms with Gasteiger partial charge in [-0.2, -0.15) is 5.10 Å². The molecule has 4 nitrogen and oxygen atoms in total. The third-order valence-corrected chi connectivity index (χ3v) is 3.11. The summed E-state index contributed by atoms with van der Waals surface area (Å²) in [5, 5.41) is 4.03. The maximum Gasteiger partial charge on any atom is 0.573 e. The quantitative estimate of drug-likeness (QED) is 0.844. The lowest BCUT2D eigenvalue weighted by atomic mass is 10.3. The molecular formula is C12H10BrF3N2O2. The zero-order chi connectivity index (χ0) is 14.8. The summed E-state index contributed by atoms with van der Waals surface area (Å²) < 4.78 is 47.7. The van der Waals surface area contributed by atoms with Gasteiger partial charge >= 0.3 is 6.36 Å². The Morgan fingerprint density at radius 3 is 2.30 bits per heavy atom. The molecule has 0 amide bonds. The molecule has 1 heterocycles. The van der Waals surface area contributed by atoms with Crippen molar-refractivity contribution in [1.29, 1.82) is 0 Å². The van der Waals surface area contributed by atoms with Gasteiger partial charge in [-0.3, -0.25) is 4.68 Å². The standard InChI is InChI=1S/C12H10BrF3N2O2/c1-18-11(10(13)6-17-18)7-19-8-2-4-9(5-3-8)20-12(14,15)16/h2-6H,7H2,1H3. The summed E-state index contributed by atoms with van der Waals surface area (Å²) in [6, 6.07) is 5.21. The van der Waals surface area contributed by atoms with E-state index in [0.717, 1.165) is 10.2 Å². The highest BCUT2D eigenvalue weighted by molar-refractivity contribution is 9.10. The first-order valence-electron chi connectivity index (χ1n) is 5.50. The molecule has 0 atom stereocenters. The Bertz CT molecular complexity index is 562. The van der Waals surface area contributed by atoms with Crippen LogP contribution in [-0.4, -0.2) is 16.1 Å². The molecule has 108 valence electrons. The smallest absolute Gasteiger partial charge is 0.487 e. The van der Waals surface area contributed by atoms with Crippen molar-refractivity contribution in [1.82, 2.24) is 9.78 Å². The highest BCUT2D eigenvalue weighted by atomic mass is 79.9. The van der Waals surface area contributed by atoms with Gasteiger partial charge < -0.3 is 9.47 Å². The second kappa shape index (κ2) is 5.74. The lowest BCUT2D eigenvalue weighted by Gasteiger charge is -2.10. The molecule has 0 bridgehead atoms. The average molecular weight is 351 g/mol. The summed E-state index contributed by atoms with van der Waals surface area (Å²) in [5.41, 5.74) is 0.820. The van der Waals surface area contributed by atoms with Gasteiger partial charge in [-0.1, -0.05) is 0 Å². The third-order valence-electron chi connectivity index (χ3n) is 2.44. The normalized spacial score (nSPS) is 11.4. The lowest BCUT2D eigenvalue weighted by Crippen LogP contribution is -2.16. The summed E-state index contributed by atoms with van der Waals surface area (Å²) >= 11 is 3.33. The minimum absolute atomic E-state index is 0.247. The van der Waals surface area contributed by atoms with Crippen LogP contribution in [0.1, 0.15) is 5.69 Å². The van der Waals surface area contributed by atoms with Crippen LogP contribution in [-0.2, 0) is 13.7 Å². The second-order valence-corrected chi connectivity index (χ2v) is 4.73. The Labute approximate surface area is 121 Å². The van der Waals surface area contributed by atoms with Gasteiger partial charge in [0.25, 0.3) is 0 Å². The van der Waals surface area contributed by atoms with Gasteiger partial charge in [0.15, 0.2) is 0 Å². The fourth-order valence-electron chi connectivity index (χ4n) is 1.49. The van der Waals surface area contributed by atoms with Crippen molar-refractivity contribution in [2.75, 3.05) is 0 Å². The molecular weight excluding hydrogens is 341 g/mol. The number of ether oxygens (including phenoxy) is 2. The van der Waals surface area contributed by atoms with Crippen molar-refractivity contribution in [3.05, 3.63) is 40.6 Å². The van der Waals surface area contributed by atoms with Crippen LogP contribution in [0.5, 0.6) is 11.5 Å². The van der Waals surface area contributed by atoms with Crippen LogP contribution in [0.25, 0.3) is 0 Å². The highest BCUT2D eigenvalue weighted by Gasteiger charge is 2.30. The molecule has 0 radical (unpaired) electrons. The van der Waals surface area contributed by atoms with Crippen molar-refractivity contribution < 1.29 is 22.6 Å². The first-order chi connectivity index (χ1) is 9.35. The number of hydrogen-bond donors (Lipinski definition) is 0. The van der Waals surface area contributed by atoms with Crippen LogP contribution in [0.3, 0.4) is 0 Å². The van der Waals surface area contributed by atoms with Gasteiger partial charge in [0.2, 0.25) is 0 Å². The number of benzene rings is 1. The van der Waals surface area contributed by atoms with E-state index in [1.807, 2.05) is 0 Å². The van der Waals surface area contributed by atoms with Crippen molar-refractivity contribution in [2.24, 2.45) is 7.05 Å². The summed E-state index contributed by atoms with van der Waals surface area (Å²) in [7, 11) is 1.77. The SMILES string of the molecule is Cn1ncc(Br)c1COc1ccc(OC(F)(F)F)cc1. The summed E-state index contributed by atoms with van der Waals surface area (Å²) in [4.78, 5) is 0. The molecule has 0 aliphatic heterocycles. The second-order valence-electron chi connectivity index (χ2n) is 3.87. The summed E-state index contributed by atoms with van der Waals surface area (Å²) in [5.74, 6) is 0.152. The molecule has 0 unspecified atom stereocenters. The van der Waals surface area contributed by atoms with Crippen LogP contribution in [0.2, 0.25) is 0 Å². The minimum Gasteiger partial charge on any atom is -0.487 e. The van der Waals surface area contributed by atoms with E-state index < -0.39 is 6.36 Å². The molecule has 2 rings (SSSR count). The monoisotopic (exact) mass is 350 g/mol. The first-order valence-corrected chi connectivity index (χ1v) is 6.29. The van der Waals surface area contributed by atoms with Crippen molar-refractivity contribution in [3.63, 3.8) is 0 Å². The number of hydrogen-bond acceptors (Lipinski definition) is 3. The fourth-order valence-corrected chi connectivity index (χ4v) is 1.95. The lowest BCUT2D eigenvalue weighted by molar-refractivity contribution is -0.274. The van der Waals surface area contributed by atoms with E-state index in [1.54, 1.807) is 17.9 Å². The van der Waals surface area contributed by atoms with Gasteiger partial charge in [0.05, 0.1) is 16.4 Å². The molecule has 0 aliphatic carbocycles. The predicted octanol–water partition coefficient (Wildman–Crippen LogP) is 3.66. The maximum absolute atomic E-state index is 12.0. The minimum atomic E-state index is -4.69. The number of aromatic nitrogens is 2. The number of halogens is 4. The number of aryl methyl sites for hydroxylation is 1. The van der Waals surface area contributed by atoms with Gasteiger partial charge in [-0.05, 0) is 40.2 Å². The largest absolute Gasteiger partial charge is 0.573 e. The zero-order valence-corrected chi connectivity index (χ0v) is 11.9. The molecule has 1 aromatic carbocycles. The zero-order valence-electron chi connectivity index (χ0n) is 10.3. The van der Waals surface area contributed by atoms with E-state index in [-0.39, 0.29) is 12.4 Å². The highest BCUT2D eigenvalue weighted by Crippen LogP contribution is 2.25. The van der Waals surface area contributed by atoms with Crippen molar-refractivity contribution in [2.45, 2.75) is 13.0 Å².